The lowest BCUT2D eigenvalue weighted by atomic mass is 9.96. The van der Waals surface area contributed by atoms with Crippen molar-refractivity contribution in [1.82, 2.24) is 10.2 Å². The molecule has 4 nitrogen and oxygen atoms in total. The summed E-state index contributed by atoms with van der Waals surface area (Å²) in [4.78, 5) is 13.9. The van der Waals surface area contributed by atoms with Gasteiger partial charge in [0.1, 0.15) is 0 Å². The first-order chi connectivity index (χ1) is 9.05. The zero-order valence-electron chi connectivity index (χ0n) is 11.8. The fourth-order valence-electron chi connectivity index (χ4n) is 2.63. The van der Waals surface area contributed by atoms with Gasteiger partial charge in [-0.3, -0.25) is 9.69 Å². The maximum absolute atomic E-state index is 11.6. The molecule has 0 aromatic heterocycles. The van der Waals surface area contributed by atoms with Gasteiger partial charge in [0.05, 0.1) is 5.54 Å². The third kappa shape index (κ3) is 3.14. The third-order valence-electron chi connectivity index (χ3n) is 3.95. The Kier molecular flexibility index (Phi) is 4.22. The van der Waals surface area contributed by atoms with Crippen molar-refractivity contribution in [2.24, 2.45) is 5.73 Å². The summed E-state index contributed by atoms with van der Waals surface area (Å²) in [5, 5.41) is 3.20. The van der Waals surface area contributed by atoms with Crippen LogP contribution >= 0.6 is 0 Å². The number of benzene rings is 1. The number of primary amides is 1. The van der Waals surface area contributed by atoms with Crippen LogP contribution in [0.1, 0.15) is 31.4 Å². The van der Waals surface area contributed by atoms with Crippen molar-refractivity contribution >= 4 is 5.91 Å². The molecule has 0 bridgehead atoms. The summed E-state index contributed by atoms with van der Waals surface area (Å²) in [6, 6.07) is 8.50. The molecule has 1 aliphatic rings. The Morgan fingerprint density at radius 3 is 2.42 bits per heavy atom. The van der Waals surface area contributed by atoms with Crippen molar-refractivity contribution in [3.05, 3.63) is 35.4 Å². The summed E-state index contributed by atoms with van der Waals surface area (Å²) in [6.07, 6.45) is 0.740. The summed E-state index contributed by atoms with van der Waals surface area (Å²) in [6.45, 7) is 7.45. The van der Waals surface area contributed by atoms with E-state index in [1.165, 1.54) is 11.1 Å². The van der Waals surface area contributed by atoms with Crippen LogP contribution in [0, 0.1) is 0 Å². The van der Waals surface area contributed by atoms with Gasteiger partial charge in [-0.05, 0) is 31.0 Å². The van der Waals surface area contributed by atoms with Crippen LogP contribution in [-0.4, -0.2) is 29.4 Å². The van der Waals surface area contributed by atoms with Crippen molar-refractivity contribution in [2.75, 3.05) is 13.1 Å². The maximum atomic E-state index is 11.6. The molecular formula is C15H23N3O. The Bertz CT molecular complexity index is 435. The topological polar surface area (TPSA) is 58.4 Å². The highest BCUT2D eigenvalue weighted by molar-refractivity contribution is 5.84. The van der Waals surface area contributed by atoms with Crippen LogP contribution in [0.15, 0.2) is 24.3 Å². The highest BCUT2D eigenvalue weighted by atomic mass is 16.1. The number of nitrogens with one attached hydrogen (secondary N) is 1. The number of nitrogens with two attached hydrogens (primary N) is 1. The number of carbonyl (C=O) groups is 1. The van der Waals surface area contributed by atoms with Crippen LogP contribution in [0.2, 0.25) is 0 Å². The normalized spacial score (nSPS) is 18.0. The number of nitrogens with zero attached hydrogens (tertiary/aromatic N) is 1. The SMILES string of the molecule is CCNC(C)(CCN1Cc2ccccc2C1)C(N)=O. The number of amides is 1. The minimum atomic E-state index is -0.608. The fraction of sp³-hybridized carbons (Fsp3) is 0.533. The molecule has 2 rings (SSSR count). The Labute approximate surface area is 115 Å². The van der Waals surface area contributed by atoms with Gasteiger partial charge in [0.25, 0.3) is 0 Å². The molecule has 1 aromatic rings. The second-order valence-corrected chi connectivity index (χ2v) is 5.46. The lowest BCUT2D eigenvalue weighted by Crippen LogP contribution is -2.54. The van der Waals surface area contributed by atoms with E-state index in [0.717, 1.165) is 32.6 Å². The second-order valence-electron chi connectivity index (χ2n) is 5.46. The predicted molar refractivity (Wildman–Crippen MR) is 76.4 cm³/mol. The molecule has 0 aliphatic carbocycles. The largest absolute Gasteiger partial charge is 0.368 e. The van der Waals surface area contributed by atoms with Gasteiger partial charge in [-0.2, -0.15) is 0 Å². The first-order valence-corrected chi connectivity index (χ1v) is 6.89. The van der Waals surface area contributed by atoms with Gasteiger partial charge in [0, 0.05) is 19.6 Å². The first kappa shape index (κ1) is 14.0. The third-order valence-corrected chi connectivity index (χ3v) is 3.95. The summed E-state index contributed by atoms with van der Waals surface area (Å²) in [7, 11) is 0. The number of hydrogen-bond acceptors (Lipinski definition) is 3. The monoisotopic (exact) mass is 261 g/mol. The predicted octanol–water partition coefficient (Wildman–Crippen LogP) is 1.25. The molecule has 1 aromatic carbocycles. The molecule has 19 heavy (non-hydrogen) atoms. The lowest BCUT2D eigenvalue weighted by Gasteiger charge is -2.29. The molecule has 1 aliphatic heterocycles. The van der Waals surface area contributed by atoms with Crippen molar-refractivity contribution < 1.29 is 4.79 Å². The van der Waals surface area contributed by atoms with Crippen LogP contribution in [0.5, 0.6) is 0 Å². The molecule has 0 radical (unpaired) electrons. The highest BCUT2D eigenvalue weighted by Crippen LogP contribution is 2.23. The molecule has 0 saturated heterocycles. The van der Waals surface area contributed by atoms with E-state index in [1.807, 2.05) is 13.8 Å². The molecule has 0 fully saturated rings. The van der Waals surface area contributed by atoms with E-state index >= 15 is 0 Å². The molecule has 3 N–H and O–H groups in total. The summed E-state index contributed by atoms with van der Waals surface area (Å²) in [5.74, 6) is -0.272. The Hall–Kier alpha value is -1.39. The van der Waals surface area contributed by atoms with Gasteiger partial charge < -0.3 is 11.1 Å². The van der Waals surface area contributed by atoms with E-state index in [1.54, 1.807) is 0 Å². The van der Waals surface area contributed by atoms with Gasteiger partial charge >= 0.3 is 0 Å². The van der Waals surface area contributed by atoms with Crippen LogP contribution in [-0.2, 0) is 17.9 Å². The molecule has 4 heteroatoms. The molecule has 1 amide bonds. The van der Waals surface area contributed by atoms with E-state index in [4.69, 9.17) is 5.73 Å². The van der Waals surface area contributed by atoms with Crippen LogP contribution < -0.4 is 11.1 Å². The number of carbonyl (C=O) groups excluding carboxylic acids is 1. The van der Waals surface area contributed by atoms with Crippen molar-refractivity contribution in [1.29, 1.82) is 0 Å². The van der Waals surface area contributed by atoms with E-state index in [-0.39, 0.29) is 5.91 Å². The first-order valence-electron chi connectivity index (χ1n) is 6.89. The maximum Gasteiger partial charge on any atom is 0.237 e. The summed E-state index contributed by atoms with van der Waals surface area (Å²) in [5.41, 5.74) is 7.69. The van der Waals surface area contributed by atoms with E-state index < -0.39 is 5.54 Å². The summed E-state index contributed by atoms with van der Waals surface area (Å²) >= 11 is 0. The average molecular weight is 261 g/mol. The van der Waals surface area contributed by atoms with Crippen LogP contribution in [0.3, 0.4) is 0 Å². The zero-order chi connectivity index (χ0) is 13.9. The Morgan fingerprint density at radius 1 is 1.37 bits per heavy atom. The molecule has 0 saturated carbocycles. The van der Waals surface area contributed by atoms with Crippen LogP contribution in [0.4, 0.5) is 0 Å². The van der Waals surface area contributed by atoms with E-state index in [0.29, 0.717) is 0 Å². The standard InChI is InChI=1S/C15H23N3O/c1-3-17-15(2,14(16)19)8-9-18-10-12-6-4-5-7-13(12)11-18/h4-7,17H,3,8-11H2,1-2H3,(H2,16,19). The molecule has 1 heterocycles. The van der Waals surface area contributed by atoms with Gasteiger partial charge in [0.15, 0.2) is 0 Å². The van der Waals surface area contributed by atoms with Crippen molar-refractivity contribution in [3.63, 3.8) is 0 Å². The lowest BCUT2D eigenvalue weighted by molar-refractivity contribution is -0.124. The fourth-order valence-corrected chi connectivity index (χ4v) is 2.63. The molecule has 104 valence electrons. The van der Waals surface area contributed by atoms with E-state index in [9.17, 15) is 4.79 Å². The minimum Gasteiger partial charge on any atom is -0.368 e. The van der Waals surface area contributed by atoms with Gasteiger partial charge in [-0.25, -0.2) is 0 Å². The van der Waals surface area contributed by atoms with Gasteiger partial charge in [-0.15, -0.1) is 0 Å². The zero-order valence-corrected chi connectivity index (χ0v) is 11.8. The van der Waals surface area contributed by atoms with Crippen molar-refractivity contribution in [3.8, 4) is 0 Å². The highest BCUT2D eigenvalue weighted by Gasteiger charge is 2.31. The van der Waals surface area contributed by atoms with Gasteiger partial charge in [0.2, 0.25) is 5.91 Å². The van der Waals surface area contributed by atoms with Gasteiger partial charge in [-0.1, -0.05) is 31.2 Å². The molecule has 1 unspecified atom stereocenters. The van der Waals surface area contributed by atoms with Crippen LogP contribution in [0.25, 0.3) is 0 Å². The molecular weight excluding hydrogens is 238 g/mol. The molecule has 0 spiro atoms. The number of rotatable bonds is 6. The average Bonchev–Trinajstić information content (AvgIpc) is 2.79. The Morgan fingerprint density at radius 2 is 1.95 bits per heavy atom. The minimum absolute atomic E-state index is 0.272. The second kappa shape index (κ2) is 5.72. The Balaban J connectivity index is 1.92. The summed E-state index contributed by atoms with van der Waals surface area (Å²) < 4.78 is 0. The molecule has 1 atom stereocenters. The van der Waals surface area contributed by atoms with E-state index in [2.05, 4.69) is 34.5 Å². The number of likely N-dealkylation sites (N-methyl/N-ethyl adjacent to an activating group) is 1. The number of hydrogen-bond donors (Lipinski definition) is 2. The smallest absolute Gasteiger partial charge is 0.237 e. The van der Waals surface area contributed by atoms with Crippen molar-refractivity contribution in [2.45, 2.75) is 38.9 Å². The quantitative estimate of drug-likeness (QED) is 0.810. The number of fused-ring (bicyclic) bond motifs is 1.